The lowest BCUT2D eigenvalue weighted by molar-refractivity contribution is 0.369. The predicted octanol–water partition coefficient (Wildman–Crippen LogP) is 1.56. The first-order valence-electron chi connectivity index (χ1n) is 2.62. The van der Waals surface area contributed by atoms with E-state index in [0.717, 1.165) is 0 Å². The van der Waals surface area contributed by atoms with Crippen LogP contribution in [0, 0.1) is 0 Å². The van der Waals surface area contributed by atoms with Crippen LogP contribution in [-0.2, 0) is 0 Å². The Bertz CT molecular complexity index is 219. The van der Waals surface area contributed by atoms with Crippen molar-refractivity contribution in [1.82, 2.24) is 4.98 Å². The van der Waals surface area contributed by atoms with E-state index in [-0.39, 0.29) is 5.75 Å². The van der Waals surface area contributed by atoms with E-state index in [1.807, 2.05) is 0 Å². The van der Waals surface area contributed by atoms with Crippen molar-refractivity contribution in [3.8, 4) is 11.5 Å². The van der Waals surface area contributed by atoms with Crippen molar-refractivity contribution in [3.63, 3.8) is 0 Å². The second-order valence-corrected chi connectivity index (χ2v) is 2.53. The third-order valence-corrected chi connectivity index (χ3v) is 1.60. The van der Waals surface area contributed by atoms with Gasteiger partial charge in [-0.3, -0.25) is 4.98 Å². The van der Waals surface area contributed by atoms with Crippen LogP contribution < -0.4 is 4.74 Å². The Morgan fingerprint density at radius 1 is 1.60 bits per heavy atom. The molecule has 3 nitrogen and oxygen atoms in total. The van der Waals surface area contributed by atoms with Crippen molar-refractivity contribution >= 4 is 15.9 Å². The fourth-order valence-electron chi connectivity index (χ4n) is 0.615. The second kappa shape index (κ2) is 2.88. The van der Waals surface area contributed by atoms with Gasteiger partial charge in [0.1, 0.15) is 0 Å². The Labute approximate surface area is 66.8 Å². The Hall–Kier alpha value is -0.770. The number of rotatable bonds is 1. The molecular weight excluding hydrogens is 198 g/mol. The average molecular weight is 204 g/mol. The van der Waals surface area contributed by atoms with Gasteiger partial charge in [0.15, 0.2) is 11.5 Å². The van der Waals surface area contributed by atoms with Crippen molar-refractivity contribution in [3.05, 3.63) is 16.9 Å². The van der Waals surface area contributed by atoms with Gasteiger partial charge in [-0.05, 0) is 15.9 Å². The van der Waals surface area contributed by atoms with Gasteiger partial charge >= 0.3 is 0 Å². The summed E-state index contributed by atoms with van der Waals surface area (Å²) in [7, 11) is 1.49. The molecule has 0 atom stereocenters. The lowest BCUT2D eigenvalue weighted by Crippen LogP contribution is -1.85. The highest BCUT2D eigenvalue weighted by Gasteiger charge is 2.04. The molecule has 0 aliphatic heterocycles. The third kappa shape index (κ3) is 1.21. The molecule has 0 unspecified atom stereocenters. The van der Waals surface area contributed by atoms with E-state index in [0.29, 0.717) is 10.2 Å². The largest absolute Gasteiger partial charge is 0.503 e. The number of halogens is 1. The lowest BCUT2D eigenvalue weighted by Gasteiger charge is -2.02. The summed E-state index contributed by atoms with van der Waals surface area (Å²) >= 11 is 3.16. The van der Waals surface area contributed by atoms with Gasteiger partial charge < -0.3 is 9.84 Å². The van der Waals surface area contributed by atoms with Crippen LogP contribution in [-0.4, -0.2) is 17.2 Å². The molecular formula is C6H6BrNO2. The zero-order chi connectivity index (χ0) is 7.56. The fourth-order valence-corrected chi connectivity index (χ4v) is 1.10. The number of hydrogen-bond acceptors (Lipinski definition) is 3. The van der Waals surface area contributed by atoms with Crippen LogP contribution in [0.5, 0.6) is 11.5 Å². The summed E-state index contributed by atoms with van der Waals surface area (Å²) in [6.45, 7) is 0. The molecule has 0 aromatic carbocycles. The Kier molecular flexibility index (Phi) is 2.11. The molecule has 4 heteroatoms. The van der Waals surface area contributed by atoms with Crippen LogP contribution in [0.3, 0.4) is 0 Å². The molecule has 1 heterocycles. The minimum atomic E-state index is 0.0388. The maximum atomic E-state index is 9.07. The van der Waals surface area contributed by atoms with Gasteiger partial charge in [-0.15, -0.1) is 0 Å². The van der Waals surface area contributed by atoms with Crippen molar-refractivity contribution in [2.24, 2.45) is 0 Å². The van der Waals surface area contributed by atoms with E-state index in [9.17, 15) is 0 Å². The predicted molar refractivity (Wildman–Crippen MR) is 40.2 cm³/mol. The summed E-state index contributed by atoms with van der Waals surface area (Å²) in [5.74, 6) is 0.451. The molecule has 0 radical (unpaired) electrons. The number of methoxy groups -OCH3 is 1. The molecule has 0 aliphatic rings. The quantitative estimate of drug-likeness (QED) is 0.754. The van der Waals surface area contributed by atoms with Gasteiger partial charge in [0.25, 0.3) is 0 Å². The number of aromatic hydroxyl groups is 1. The standard InChI is InChI=1S/C6H6BrNO2/c1-10-6-4(7)2-8-3-5(6)9/h2-3,9H,1H3. The first kappa shape index (κ1) is 7.34. The van der Waals surface area contributed by atoms with Crippen molar-refractivity contribution in [2.75, 3.05) is 7.11 Å². The van der Waals surface area contributed by atoms with Crippen LogP contribution in [0.1, 0.15) is 0 Å². The molecule has 0 saturated heterocycles. The first-order chi connectivity index (χ1) is 4.75. The van der Waals surface area contributed by atoms with Crippen molar-refractivity contribution < 1.29 is 9.84 Å². The van der Waals surface area contributed by atoms with Crippen LogP contribution in [0.15, 0.2) is 16.9 Å². The second-order valence-electron chi connectivity index (χ2n) is 1.67. The number of pyridine rings is 1. The SMILES string of the molecule is COc1c(O)cncc1Br. The number of hydrogen-bond donors (Lipinski definition) is 1. The molecule has 1 N–H and O–H groups in total. The fraction of sp³-hybridized carbons (Fsp3) is 0.167. The van der Waals surface area contributed by atoms with E-state index in [2.05, 4.69) is 20.9 Å². The van der Waals surface area contributed by atoms with Crippen LogP contribution in [0.4, 0.5) is 0 Å². The van der Waals surface area contributed by atoms with Crippen LogP contribution in [0.25, 0.3) is 0 Å². The highest BCUT2D eigenvalue weighted by molar-refractivity contribution is 9.10. The van der Waals surface area contributed by atoms with Crippen molar-refractivity contribution in [1.29, 1.82) is 0 Å². The number of aromatic nitrogens is 1. The number of nitrogens with zero attached hydrogens (tertiary/aromatic N) is 1. The van der Waals surface area contributed by atoms with E-state index >= 15 is 0 Å². The maximum Gasteiger partial charge on any atom is 0.177 e. The number of ether oxygens (including phenoxy) is 1. The Morgan fingerprint density at radius 3 is 2.70 bits per heavy atom. The van der Waals surface area contributed by atoms with Crippen LogP contribution >= 0.6 is 15.9 Å². The molecule has 0 bridgehead atoms. The molecule has 1 aromatic heterocycles. The minimum absolute atomic E-state index is 0.0388. The maximum absolute atomic E-state index is 9.07. The van der Waals surface area contributed by atoms with Gasteiger partial charge in [0.05, 0.1) is 17.8 Å². The van der Waals surface area contributed by atoms with E-state index in [1.54, 1.807) is 6.20 Å². The summed E-state index contributed by atoms with van der Waals surface area (Å²) in [6.07, 6.45) is 2.88. The van der Waals surface area contributed by atoms with Crippen LogP contribution in [0.2, 0.25) is 0 Å². The summed E-state index contributed by atoms with van der Waals surface area (Å²) in [5, 5.41) is 9.07. The third-order valence-electron chi connectivity index (χ3n) is 1.04. The molecule has 1 aromatic rings. The summed E-state index contributed by atoms with van der Waals surface area (Å²) < 4.78 is 5.49. The lowest BCUT2D eigenvalue weighted by atomic mass is 10.4. The molecule has 0 saturated carbocycles. The van der Waals surface area contributed by atoms with E-state index in [1.165, 1.54) is 13.3 Å². The van der Waals surface area contributed by atoms with Gasteiger partial charge in [-0.25, -0.2) is 0 Å². The molecule has 1 rings (SSSR count). The van der Waals surface area contributed by atoms with Gasteiger partial charge in [-0.2, -0.15) is 0 Å². The monoisotopic (exact) mass is 203 g/mol. The van der Waals surface area contributed by atoms with Gasteiger partial charge in [0, 0.05) is 6.20 Å². The smallest absolute Gasteiger partial charge is 0.177 e. The molecule has 0 aliphatic carbocycles. The highest BCUT2D eigenvalue weighted by atomic mass is 79.9. The van der Waals surface area contributed by atoms with Gasteiger partial charge in [0.2, 0.25) is 0 Å². The van der Waals surface area contributed by atoms with E-state index < -0.39 is 0 Å². The van der Waals surface area contributed by atoms with Gasteiger partial charge in [-0.1, -0.05) is 0 Å². The molecule has 0 fully saturated rings. The molecule has 10 heavy (non-hydrogen) atoms. The molecule has 0 amide bonds. The molecule has 54 valence electrons. The first-order valence-corrected chi connectivity index (χ1v) is 3.41. The van der Waals surface area contributed by atoms with Crippen molar-refractivity contribution in [2.45, 2.75) is 0 Å². The zero-order valence-corrected chi connectivity index (χ0v) is 6.92. The Morgan fingerprint density at radius 2 is 2.30 bits per heavy atom. The summed E-state index contributed by atoms with van der Waals surface area (Å²) in [6, 6.07) is 0. The van der Waals surface area contributed by atoms with E-state index in [4.69, 9.17) is 9.84 Å². The topological polar surface area (TPSA) is 42.4 Å². The highest BCUT2D eigenvalue weighted by Crippen LogP contribution is 2.31. The normalized spacial score (nSPS) is 9.40. The zero-order valence-electron chi connectivity index (χ0n) is 5.34. The molecule has 0 spiro atoms. The Balaban J connectivity index is 3.17. The summed E-state index contributed by atoms with van der Waals surface area (Å²) in [5.41, 5.74) is 0. The average Bonchev–Trinajstić information content (AvgIpc) is 1.88. The summed E-state index contributed by atoms with van der Waals surface area (Å²) in [4.78, 5) is 3.72. The minimum Gasteiger partial charge on any atom is -0.503 e.